The molecule has 0 radical (unpaired) electrons. The summed E-state index contributed by atoms with van der Waals surface area (Å²) in [5.41, 5.74) is 0.882. The Morgan fingerprint density at radius 3 is 3.25 bits per heavy atom. The van der Waals surface area contributed by atoms with Gasteiger partial charge in [-0.15, -0.1) is 0 Å². The van der Waals surface area contributed by atoms with E-state index in [-0.39, 0.29) is 6.10 Å². The zero-order valence-electron chi connectivity index (χ0n) is 9.48. The standard InChI is InChI=1S/C11H17N3O2/c1-12-5-9-6-13-7-11(14-9)16-8-10-3-2-4-15-10/h6-7,10,12H,2-5,8H2,1H3. The number of ether oxygens (including phenoxy) is 2. The van der Waals surface area contributed by atoms with Crippen LogP contribution in [0.3, 0.4) is 0 Å². The zero-order valence-corrected chi connectivity index (χ0v) is 9.48. The summed E-state index contributed by atoms with van der Waals surface area (Å²) in [5.74, 6) is 0.572. The fraction of sp³-hybridized carbons (Fsp3) is 0.636. The minimum Gasteiger partial charge on any atom is -0.474 e. The lowest BCUT2D eigenvalue weighted by Crippen LogP contribution is -2.17. The topological polar surface area (TPSA) is 56.3 Å². The second-order valence-corrected chi connectivity index (χ2v) is 3.83. The summed E-state index contributed by atoms with van der Waals surface area (Å²) in [6.45, 7) is 2.11. The predicted octanol–water partition coefficient (Wildman–Crippen LogP) is 0.754. The Kier molecular flexibility index (Phi) is 4.07. The Balaban J connectivity index is 1.85. The van der Waals surface area contributed by atoms with E-state index in [0.29, 0.717) is 19.0 Å². The molecule has 1 fully saturated rings. The van der Waals surface area contributed by atoms with Gasteiger partial charge in [0.1, 0.15) is 6.61 Å². The maximum atomic E-state index is 5.55. The minimum absolute atomic E-state index is 0.217. The van der Waals surface area contributed by atoms with E-state index in [9.17, 15) is 0 Å². The van der Waals surface area contributed by atoms with Crippen LogP contribution in [0.15, 0.2) is 12.4 Å². The smallest absolute Gasteiger partial charge is 0.232 e. The third-order valence-electron chi connectivity index (χ3n) is 2.46. The molecule has 5 nitrogen and oxygen atoms in total. The molecule has 0 spiro atoms. The van der Waals surface area contributed by atoms with E-state index in [1.807, 2.05) is 7.05 Å². The average Bonchev–Trinajstić information content (AvgIpc) is 2.80. The summed E-state index contributed by atoms with van der Waals surface area (Å²) in [7, 11) is 1.88. The molecule has 1 saturated heterocycles. The van der Waals surface area contributed by atoms with Crippen molar-refractivity contribution in [1.82, 2.24) is 15.3 Å². The van der Waals surface area contributed by atoms with Gasteiger partial charge in [0.15, 0.2) is 0 Å². The lowest BCUT2D eigenvalue weighted by atomic mass is 10.2. The van der Waals surface area contributed by atoms with Crippen LogP contribution in [0.2, 0.25) is 0 Å². The summed E-state index contributed by atoms with van der Waals surface area (Å²) < 4.78 is 11.0. The van der Waals surface area contributed by atoms with Crippen molar-refractivity contribution >= 4 is 0 Å². The van der Waals surface area contributed by atoms with Crippen molar-refractivity contribution in [1.29, 1.82) is 0 Å². The van der Waals surface area contributed by atoms with Crippen LogP contribution in [-0.2, 0) is 11.3 Å². The molecule has 2 rings (SSSR count). The molecule has 1 atom stereocenters. The van der Waals surface area contributed by atoms with Crippen LogP contribution >= 0.6 is 0 Å². The van der Waals surface area contributed by atoms with Crippen LogP contribution < -0.4 is 10.1 Å². The molecule has 1 aromatic rings. The second kappa shape index (κ2) is 5.77. The fourth-order valence-corrected chi connectivity index (χ4v) is 1.68. The number of nitrogens with zero attached hydrogens (tertiary/aromatic N) is 2. The van der Waals surface area contributed by atoms with Gasteiger partial charge in [0.05, 0.1) is 18.0 Å². The van der Waals surface area contributed by atoms with E-state index < -0.39 is 0 Å². The van der Waals surface area contributed by atoms with Crippen molar-refractivity contribution in [3.05, 3.63) is 18.1 Å². The van der Waals surface area contributed by atoms with Crippen molar-refractivity contribution in [2.75, 3.05) is 20.3 Å². The third kappa shape index (κ3) is 3.15. The lowest BCUT2D eigenvalue weighted by molar-refractivity contribution is 0.0661. The molecule has 0 aromatic carbocycles. The Hall–Kier alpha value is -1.20. The van der Waals surface area contributed by atoms with E-state index in [4.69, 9.17) is 9.47 Å². The maximum Gasteiger partial charge on any atom is 0.232 e. The van der Waals surface area contributed by atoms with Gasteiger partial charge < -0.3 is 14.8 Å². The summed E-state index contributed by atoms with van der Waals surface area (Å²) in [6.07, 6.45) is 5.78. The fourth-order valence-electron chi connectivity index (χ4n) is 1.68. The molecular weight excluding hydrogens is 206 g/mol. The van der Waals surface area contributed by atoms with Crippen LogP contribution in [0.4, 0.5) is 0 Å². The van der Waals surface area contributed by atoms with E-state index in [2.05, 4.69) is 15.3 Å². The molecule has 16 heavy (non-hydrogen) atoms. The van der Waals surface area contributed by atoms with Crippen LogP contribution in [0, 0.1) is 0 Å². The van der Waals surface area contributed by atoms with Gasteiger partial charge in [0.25, 0.3) is 0 Å². The maximum absolute atomic E-state index is 5.55. The van der Waals surface area contributed by atoms with E-state index in [0.717, 1.165) is 25.1 Å². The SMILES string of the molecule is CNCc1cncc(OCC2CCCO2)n1. The molecule has 1 aliphatic heterocycles. The number of hydrogen-bond acceptors (Lipinski definition) is 5. The predicted molar refractivity (Wildman–Crippen MR) is 59.3 cm³/mol. The van der Waals surface area contributed by atoms with Crippen molar-refractivity contribution in [2.45, 2.75) is 25.5 Å². The molecule has 0 aliphatic carbocycles. The van der Waals surface area contributed by atoms with Gasteiger partial charge in [0.2, 0.25) is 5.88 Å². The normalized spacial score (nSPS) is 19.9. The van der Waals surface area contributed by atoms with Crippen molar-refractivity contribution < 1.29 is 9.47 Å². The zero-order chi connectivity index (χ0) is 11.2. The van der Waals surface area contributed by atoms with Crippen molar-refractivity contribution in [3.8, 4) is 5.88 Å². The van der Waals surface area contributed by atoms with Gasteiger partial charge in [-0.3, -0.25) is 4.98 Å². The van der Waals surface area contributed by atoms with Gasteiger partial charge in [-0.1, -0.05) is 0 Å². The molecule has 88 valence electrons. The minimum atomic E-state index is 0.217. The molecule has 1 N–H and O–H groups in total. The molecule has 1 aliphatic rings. The van der Waals surface area contributed by atoms with Crippen molar-refractivity contribution in [3.63, 3.8) is 0 Å². The molecule has 0 bridgehead atoms. The summed E-state index contributed by atoms with van der Waals surface area (Å²) in [4.78, 5) is 8.40. The van der Waals surface area contributed by atoms with E-state index >= 15 is 0 Å². The second-order valence-electron chi connectivity index (χ2n) is 3.83. The average molecular weight is 223 g/mol. The Morgan fingerprint density at radius 2 is 2.50 bits per heavy atom. The number of aromatic nitrogens is 2. The van der Waals surface area contributed by atoms with Gasteiger partial charge in [-0.05, 0) is 19.9 Å². The molecule has 1 aromatic heterocycles. The highest BCUT2D eigenvalue weighted by Gasteiger charge is 2.16. The van der Waals surface area contributed by atoms with Crippen LogP contribution in [0.25, 0.3) is 0 Å². The van der Waals surface area contributed by atoms with Gasteiger partial charge in [-0.25, -0.2) is 4.98 Å². The summed E-state index contributed by atoms with van der Waals surface area (Å²) >= 11 is 0. The third-order valence-corrected chi connectivity index (χ3v) is 2.46. The first-order chi connectivity index (χ1) is 7.88. The highest BCUT2D eigenvalue weighted by Crippen LogP contribution is 2.13. The van der Waals surface area contributed by atoms with Gasteiger partial charge >= 0.3 is 0 Å². The largest absolute Gasteiger partial charge is 0.474 e. The van der Waals surface area contributed by atoms with Gasteiger partial charge in [0, 0.05) is 19.3 Å². The number of rotatable bonds is 5. The Morgan fingerprint density at radius 1 is 1.56 bits per heavy atom. The van der Waals surface area contributed by atoms with E-state index in [1.165, 1.54) is 0 Å². The first-order valence-corrected chi connectivity index (χ1v) is 5.58. The highest BCUT2D eigenvalue weighted by atomic mass is 16.5. The quantitative estimate of drug-likeness (QED) is 0.798. The van der Waals surface area contributed by atoms with Crippen LogP contribution in [-0.4, -0.2) is 36.3 Å². The Labute approximate surface area is 95.2 Å². The van der Waals surface area contributed by atoms with Crippen LogP contribution in [0.5, 0.6) is 5.88 Å². The summed E-state index contributed by atoms with van der Waals surface area (Å²) in [5, 5.41) is 3.03. The molecule has 0 amide bonds. The number of nitrogens with one attached hydrogen (secondary N) is 1. The molecule has 2 heterocycles. The Bertz CT molecular complexity index is 327. The van der Waals surface area contributed by atoms with Crippen LogP contribution in [0.1, 0.15) is 18.5 Å². The first kappa shape index (κ1) is 11.3. The van der Waals surface area contributed by atoms with E-state index in [1.54, 1.807) is 12.4 Å². The molecule has 0 saturated carbocycles. The molecule has 5 heteroatoms. The highest BCUT2D eigenvalue weighted by molar-refractivity contribution is 5.08. The molecule has 1 unspecified atom stereocenters. The number of hydrogen-bond donors (Lipinski definition) is 1. The monoisotopic (exact) mass is 223 g/mol. The first-order valence-electron chi connectivity index (χ1n) is 5.58. The van der Waals surface area contributed by atoms with Gasteiger partial charge in [-0.2, -0.15) is 0 Å². The summed E-state index contributed by atoms with van der Waals surface area (Å²) in [6, 6.07) is 0. The van der Waals surface area contributed by atoms with Crippen molar-refractivity contribution in [2.24, 2.45) is 0 Å². The lowest BCUT2D eigenvalue weighted by Gasteiger charge is -2.10. The molecular formula is C11H17N3O2.